The van der Waals surface area contributed by atoms with Gasteiger partial charge in [-0.25, -0.2) is 4.98 Å². The molecular formula is C20H21F3N8O. The minimum absolute atomic E-state index is 0.0696. The van der Waals surface area contributed by atoms with Crippen molar-refractivity contribution in [3.63, 3.8) is 0 Å². The zero-order valence-corrected chi connectivity index (χ0v) is 17.4. The number of aliphatic hydroxyl groups excluding tert-OH is 1. The van der Waals surface area contributed by atoms with Gasteiger partial charge in [-0.3, -0.25) is 14.5 Å². The summed E-state index contributed by atoms with van der Waals surface area (Å²) >= 11 is 0. The summed E-state index contributed by atoms with van der Waals surface area (Å²) in [5, 5.41) is 25.4. The monoisotopic (exact) mass is 446 g/mol. The van der Waals surface area contributed by atoms with Gasteiger partial charge in [-0.05, 0) is 31.5 Å². The molecule has 0 radical (unpaired) electrons. The second-order valence-electron chi connectivity index (χ2n) is 8.05. The number of aryl methyl sites for hydroxylation is 1. The van der Waals surface area contributed by atoms with Gasteiger partial charge in [-0.2, -0.15) is 28.5 Å². The van der Waals surface area contributed by atoms with E-state index in [0.29, 0.717) is 41.3 Å². The summed E-state index contributed by atoms with van der Waals surface area (Å²) in [4.78, 5) is 6.63. The fraction of sp³-hybridized carbons (Fsp3) is 0.400. The van der Waals surface area contributed by atoms with Gasteiger partial charge in [0, 0.05) is 32.0 Å². The highest BCUT2D eigenvalue weighted by Crippen LogP contribution is 2.39. The molecule has 32 heavy (non-hydrogen) atoms. The molecule has 1 saturated heterocycles. The number of halogens is 3. The van der Waals surface area contributed by atoms with Gasteiger partial charge in [-0.1, -0.05) is 0 Å². The van der Waals surface area contributed by atoms with Gasteiger partial charge in [0.2, 0.25) is 0 Å². The second-order valence-corrected chi connectivity index (χ2v) is 8.05. The van der Waals surface area contributed by atoms with E-state index < -0.39 is 18.8 Å². The minimum Gasteiger partial charge on any atom is -0.391 e. The van der Waals surface area contributed by atoms with Crippen LogP contribution in [0.3, 0.4) is 0 Å². The summed E-state index contributed by atoms with van der Waals surface area (Å²) in [7, 11) is 1.77. The number of nitrogens with one attached hydrogen (secondary N) is 1. The zero-order chi connectivity index (χ0) is 22.6. The van der Waals surface area contributed by atoms with Crippen LogP contribution in [-0.4, -0.2) is 64.7 Å². The van der Waals surface area contributed by atoms with E-state index in [-0.39, 0.29) is 17.3 Å². The molecule has 5 heterocycles. The maximum atomic E-state index is 13.5. The molecule has 4 aromatic rings. The number of aliphatic hydroxyl groups is 1. The number of hydrogen-bond donors (Lipinski definition) is 2. The van der Waals surface area contributed by atoms with E-state index in [4.69, 9.17) is 4.98 Å². The maximum absolute atomic E-state index is 13.5. The Labute approximate surface area is 180 Å². The largest absolute Gasteiger partial charge is 0.408 e. The van der Waals surface area contributed by atoms with Crippen LogP contribution in [0.5, 0.6) is 0 Å². The number of rotatable bonds is 4. The highest BCUT2D eigenvalue weighted by molar-refractivity contribution is 5.99. The van der Waals surface area contributed by atoms with Gasteiger partial charge >= 0.3 is 6.18 Å². The molecule has 0 aliphatic carbocycles. The number of fused-ring (bicyclic) bond motifs is 1. The number of β-amino-alcohol motifs (C(OH)–C–C–N with tert-alkyl or cyclic N) is 1. The van der Waals surface area contributed by atoms with E-state index >= 15 is 0 Å². The van der Waals surface area contributed by atoms with E-state index in [1.165, 1.54) is 6.20 Å². The average molecular weight is 446 g/mol. The fourth-order valence-electron chi connectivity index (χ4n) is 4.33. The first-order valence-corrected chi connectivity index (χ1v) is 10.1. The first-order valence-electron chi connectivity index (χ1n) is 10.1. The van der Waals surface area contributed by atoms with Crippen molar-refractivity contribution >= 4 is 16.7 Å². The van der Waals surface area contributed by atoms with Crippen LogP contribution in [0.4, 0.5) is 18.9 Å². The first kappa shape index (κ1) is 20.5. The number of alkyl halides is 3. The van der Waals surface area contributed by atoms with E-state index in [2.05, 4.69) is 20.4 Å². The second kappa shape index (κ2) is 7.33. The Kier molecular flexibility index (Phi) is 4.69. The molecule has 1 aliphatic heterocycles. The summed E-state index contributed by atoms with van der Waals surface area (Å²) in [6.45, 7) is 0.982. The number of hydrogen-bond acceptors (Lipinski definition) is 6. The number of anilines is 1. The van der Waals surface area contributed by atoms with Crippen molar-refractivity contribution < 1.29 is 18.3 Å². The Morgan fingerprint density at radius 3 is 2.66 bits per heavy atom. The molecule has 0 amide bonds. The number of pyridine rings is 1. The SMILES string of the molecule is CC1CC(O)CN1c1cc(-c2ccnn2C)nc2c(-c3ccn[nH]3)nn(CC(F)(F)F)c12. The van der Waals surface area contributed by atoms with Crippen LogP contribution in [-0.2, 0) is 13.6 Å². The van der Waals surface area contributed by atoms with Crippen LogP contribution < -0.4 is 4.90 Å². The average Bonchev–Trinajstić information content (AvgIpc) is 3.48. The molecule has 0 aromatic carbocycles. The third-order valence-electron chi connectivity index (χ3n) is 5.71. The summed E-state index contributed by atoms with van der Waals surface area (Å²) < 4.78 is 43.0. The molecular weight excluding hydrogens is 425 g/mol. The fourth-order valence-corrected chi connectivity index (χ4v) is 4.33. The smallest absolute Gasteiger partial charge is 0.391 e. The number of nitrogens with zero attached hydrogens (tertiary/aromatic N) is 7. The van der Waals surface area contributed by atoms with Gasteiger partial charge in [-0.15, -0.1) is 0 Å². The first-order chi connectivity index (χ1) is 15.2. The molecule has 0 saturated carbocycles. The van der Waals surface area contributed by atoms with Crippen LogP contribution >= 0.6 is 0 Å². The van der Waals surface area contributed by atoms with E-state index in [1.807, 2.05) is 11.8 Å². The molecule has 4 aromatic heterocycles. The van der Waals surface area contributed by atoms with Crippen LogP contribution in [0.25, 0.3) is 33.8 Å². The van der Waals surface area contributed by atoms with Crippen LogP contribution in [0.2, 0.25) is 0 Å². The third-order valence-corrected chi connectivity index (χ3v) is 5.71. The van der Waals surface area contributed by atoms with Crippen molar-refractivity contribution in [2.24, 2.45) is 7.05 Å². The Balaban J connectivity index is 1.83. The van der Waals surface area contributed by atoms with Gasteiger partial charge in [0.15, 0.2) is 0 Å². The molecule has 1 aliphatic rings. The zero-order valence-electron chi connectivity index (χ0n) is 17.4. The Hall–Kier alpha value is -3.41. The van der Waals surface area contributed by atoms with Crippen molar-refractivity contribution in [3.05, 3.63) is 30.6 Å². The van der Waals surface area contributed by atoms with Crippen molar-refractivity contribution in [3.8, 4) is 22.8 Å². The van der Waals surface area contributed by atoms with Crippen LogP contribution in [0.1, 0.15) is 13.3 Å². The highest BCUT2D eigenvalue weighted by Gasteiger charge is 2.35. The van der Waals surface area contributed by atoms with Crippen molar-refractivity contribution in [2.75, 3.05) is 11.4 Å². The van der Waals surface area contributed by atoms with E-state index in [0.717, 1.165) is 4.68 Å². The van der Waals surface area contributed by atoms with Crippen molar-refractivity contribution in [2.45, 2.75) is 38.2 Å². The van der Waals surface area contributed by atoms with Gasteiger partial charge in [0.05, 0.1) is 28.9 Å². The highest BCUT2D eigenvalue weighted by atomic mass is 19.4. The lowest BCUT2D eigenvalue weighted by molar-refractivity contribution is -0.141. The molecule has 168 valence electrons. The quantitative estimate of drug-likeness (QED) is 0.500. The third kappa shape index (κ3) is 3.49. The summed E-state index contributed by atoms with van der Waals surface area (Å²) in [5.74, 6) is 0. The summed E-state index contributed by atoms with van der Waals surface area (Å²) in [6.07, 6.45) is -1.38. The number of H-pyrrole nitrogens is 1. The summed E-state index contributed by atoms with van der Waals surface area (Å²) in [5.41, 5.74) is 3.12. The molecule has 2 unspecified atom stereocenters. The maximum Gasteiger partial charge on any atom is 0.408 e. The molecule has 5 rings (SSSR count). The standard InChI is InChI=1S/C20H21F3N8O/c1-11-7-12(32)9-30(11)16-8-14(15-4-6-25-29(15)2)26-18-17(13-3-5-24-27-13)28-31(19(16)18)10-20(21,22)23/h3-6,8,11-12,32H,7,9-10H2,1-2H3,(H,24,27). The van der Waals surface area contributed by atoms with Crippen molar-refractivity contribution in [1.29, 1.82) is 0 Å². The molecule has 12 heteroatoms. The lowest BCUT2D eigenvalue weighted by Gasteiger charge is -2.25. The number of aromatic amines is 1. The van der Waals surface area contributed by atoms with E-state index in [1.54, 1.807) is 36.1 Å². The summed E-state index contributed by atoms with van der Waals surface area (Å²) in [6, 6.07) is 5.11. The predicted molar refractivity (Wildman–Crippen MR) is 111 cm³/mol. The normalized spacial score (nSPS) is 19.4. The number of aromatic nitrogens is 7. The Morgan fingerprint density at radius 2 is 2.06 bits per heavy atom. The van der Waals surface area contributed by atoms with Crippen LogP contribution in [0, 0.1) is 0 Å². The topological polar surface area (TPSA) is 101 Å². The molecule has 1 fully saturated rings. The van der Waals surface area contributed by atoms with Gasteiger partial charge < -0.3 is 10.0 Å². The Morgan fingerprint density at radius 1 is 1.25 bits per heavy atom. The minimum atomic E-state index is -4.47. The molecule has 0 bridgehead atoms. The predicted octanol–water partition coefficient (Wildman–Crippen LogP) is 2.74. The lowest BCUT2D eigenvalue weighted by Crippen LogP contribution is -2.28. The Bertz CT molecular complexity index is 1260. The van der Waals surface area contributed by atoms with Gasteiger partial charge in [0.1, 0.15) is 23.3 Å². The molecule has 2 N–H and O–H groups in total. The van der Waals surface area contributed by atoms with Crippen molar-refractivity contribution in [1.82, 2.24) is 34.7 Å². The molecule has 2 atom stereocenters. The molecule has 9 nitrogen and oxygen atoms in total. The van der Waals surface area contributed by atoms with E-state index in [9.17, 15) is 18.3 Å². The van der Waals surface area contributed by atoms with Crippen LogP contribution in [0.15, 0.2) is 30.6 Å². The lowest BCUT2D eigenvalue weighted by atomic mass is 10.1. The van der Waals surface area contributed by atoms with Gasteiger partial charge in [0.25, 0.3) is 0 Å². The molecule has 0 spiro atoms.